The van der Waals surface area contributed by atoms with Crippen molar-refractivity contribution in [3.05, 3.63) is 53.6 Å². The van der Waals surface area contributed by atoms with Crippen LogP contribution >= 0.6 is 0 Å². The number of nitrogens with one attached hydrogen (secondary N) is 3. The molecule has 1 aromatic heterocycles. The Hall–Kier alpha value is -3.15. The Labute approximate surface area is 169 Å². The Morgan fingerprint density at radius 1 is 0.828 bits per heavy atom. The molecular weight excluding hydrogens is 364 g/mol. The number of carbonyl (C=O) groups excluding carboxylic acids is 2. The number of nitrogens with zero attached hydrogens (tertiary/aromatic N) is 1. The third-order valence-corrected chi connectivity index (χ3v) is 6.05. The van der Waals surface area contributed by atoms with E-state index in [0.29, 0.717) is 23.2 Å². The fraction of sp³-hybridized carbons (Fsp3) is 0.348. The van der Waals surface area contributed by atoms with Crippen molar-refractivity contribution in [1.82, 2.24) is 20.6 Å². The fourth-order valence-electron chi connectivity index (χ4n) is 3.71. The minimum atomic E-state index is -0.0389. The molecule has 5 rings (SSSR count). The second-order valence-corrected chi connectivity index (χ2v) is 8.10. The molecule has 29 heavy (non-hydrogen) atoms. The summed E-state index contributed by atoms with van der Waals surface area (Å²) in [6.07, 6.45) is 6.66. The molecule has 148 valence electrons. The normalized spacial score (nSPS) is 16.8. The number of aromatic nitrogens is 2. The molecule has 0 saturated heterocycles. The summed E-state index contributed by atoms with van der Waals surface area (Å²) in [6.45, 7) is 0. The van der Waals surface area contributed by atoms with Crippen molar-refractivity contribution in [2.75, 3.05) is 0 Å². The lowest BCUT2D eigenvalue weighted by Crippen LogP contribution is -2.39. The van der Waals surface area contributed by atoms with Gasteiger partial charge in [-0.3, -0.25) is 9.59 Å². The molecular formula is C23H24N4O2. The van der Waals surface area contributed by atoms with Gasteiger partial charge in [-0.05, 0) is 68.9 Å². The Kier molecular flexibility index (Phi) is 4.54. The summed E-state index contributed by atoms with van der Waals surface area (Å²) in [5.74, 6) is 0.665. The molecule has 2 saturated carbocycles. The number of amides is 2. The Balaban J connectivity index is 1.33. The van der Waals surface area contributed by atoms with E-state index in [0.717, 1.165) is 48.1 Å². The van der Waals surface area contributed by atoms with E-state index in [-0.39, 0.29) is 11.8 Å². The van der Waals surface area contributed by atoms with Crippen LogP contribution < -0.4 is 10.6 Å². The molecule has 1 heterocycles. The predicted molar refractivity (Wildman–Crippen MR) is 112 cm³/mol. The maximum atomic E-state index is 12.4. The highest BCUT2D eigenvalue weighted by Gasteiger charge is 2.21. The first kappa shape index (κ1) is 17.9. The van der Waals surface area contributed by atoms with E-state index in [1.807, 2.05) is 42.5 Å². The van der Waals surface area contributed by atoms with E-state index in [4.69, 9.17) is 0 Å². The van der Waals surface area contributed by atoms with E-state index < -0.39 is 0 Å². The molecule has 0 bridgehead atoms. The molecule has 2 fully saturated rings. The van der Waals surface area contributed by atoms with Crippen molar-refractivity contribution >= 4 is 22.8 Å². The third-order valence-electron chi connectivity index (χ3n) is 6.05. The zero-order valence-electron chi connectivity index (χ0n) is 16.2. The molecule has 0 radical (unpaired) electrons. The van der Waals surface area contributed by atoms with Gasteiger partial charge in [-0.2, -0.15) is 0 Å². The van der Waals surface area contributed by atoms with Gasteiger partial charge < -0.3 is 15.6 Å². The lowest BCUT2D eigenvalue weighted by molar-refractivity contribution is 0.0908. The van der Waals surface area contributed by atoms with E-state index >= 15 is 0 Å². The van der Waals surface area contributed by atoms with Crippen LogP contribution in [0.3, 0.4) is 0 Å². The van der Waals surface area contributed by atoms with Crippen molar-refractivity contribution in [2.45, 2.75) is 50.6 Å². The summed E-state index contributed by atoms with van der Waals surface area (Å²) >= 11 is 0. The van der Waals surface area contributed by atoms with Crippen molar-refractivity contribution < 1.29 is 9.59 Å². The van der Waals surface area contributed by atoms with Gasteiger partial charge in [-0.15, -0.1) is 0 Å². The quantitative estimate of drug-likeness (QED) is 0.621. The highest BCUT2D eigenvalue weighted by atomic mass is 16.2. The number of hydrogen-bond donors (Lipinski definition) is 3. The highest BCUT2D eigenvalue weighted by molar-refractivity contribution is 5.98. The van der Waals surface area contributed by atoms with Crippen LogP contribution in [0.4, 0.5) is 0 Å². The Morgan fingerprint density at radius 2 is 1.41 bits per heavy atom. The molecule has 2 amide bonds. The summed E-state index contributed by atoms with van der Waals surface area (Å²) in [7, 11) is 0. The van der Waals surface area contributed by atoms with Crippen LogP contribution in [-0.4, -0.2) is 33.9 Å². The van der Waals surface area contributed by atoms with Gasteiger partial charge in [0.15, 0.2) is 0 Å². The Morgan fingerprint density at radius 3 is 2.00 bits per heavy atom. The van der Waals surface area contributed by atoms with Gasteiger partial charge in [0.1, 0.15) is 5.82 Å². The van der Waals surface area contributed by atoms with Crippen LogP contribution in [0, 0.1) is 0 Å². The zero-order chi connectivity index (χ0) is 19.8. The SMILES string of the molecule is O=C(NC1CCC1)c1ccc(-c2nc3cc(C(=O)NC4CCC4)ccc3[nH]2)cc1. The number of H-pyrrole nitrogens is 1. The van der Waals surface area contributed by atoms with Crippen LogP contribution in [0.15, 0.2) is 42.5 Å². The van der Waals surface area contributed by atoms with Crippen LogP contribution in [0.25, 0.3) is 22.4 Å². The first-order valence-electron chi connectivity index (χ1n) is 10.4. The maximum absolute atomic E-state index is 12.4. The monoisotopic (exact) mass is 388 g/mol. The second kappa shape index (κ2) is 7.35. The number of rotatable bonds is 5. The molecule has 3 N–H and O–H groups in total. The summed E-state index contributed by atoms with van der Waals surface area (Å²) in [5, 5.41) is 6.11. The summed E-state index contributed by atoms with van der Waals surface area (Å²) in [6, 6.07) is 13.6. The predicted octanol–water partition coefficient (Wildman–Crippen LogP) is 3.79. The fourth-order valence-corrected chi connectivity index (χ4v) is 3.71. The smallest absolute Gasteiger partial charge is 0.251 e. The Bertz CT molecular complexity index is 1060. The number of benzene rings is 2. The van der Waals surface area contributed by atoms with Gasteiger partial charge in [-0.25, -0.2) is 4.98 Å². The molecule has 0 atom stereocenters. The minimum absolute atomic E-state index is 0.0204. The lowest BCUT2D eigenvalue weighted by Gasteiger charge is -2.26. The van der Waals surface area contributed by atoms with E-state index in [1.54, 1.807) is 0 Å². The molecule has 2 aromatic carbocycles. The van der Waals surface area contributed by atoms with Crippen LogP contribution in [0.1, 0.15) is 59.2 Å². The summed E-state index contributed by atoms with van der Waals surface area (Å²) in [4.78, 5) is 32.6. The largest absolute Gasteiger partial charge is 0.349 e. The van der Waals surface area contributed by atoms with Gasteiger partial charge in [-0.1, -0.05) is 12.1 Å². The molecule has 0 aliphatic heterocycles. The molecule has 2 aliphatic carbocycles. The maximum Gasteiger partial charge on any atom is 0.251 e. The molecule has 6 heteroatoms. The average molecular weight is 388 g/mol. The van der Waals surface area contributed by atoms with Gasteiger partial charge in [0.25, 0.3) is 11.8 Å². The number of aromatic amines is 1. The first-order valence-corrected chi connectivity index (χ1v) is 10.4. The molecule has 6 nitrogen and oxygen atoms in total. The van der Waals surface area contributed by atoms with Crippen molar-refractivity contribution in [2.24, 2.45) is 0 Å². The summed E-state index contributed by atoms with van der Waals surface area (Å²) < 4.78 is 0. The number of imidazole rings is 1. The van der Waals surface area contributed by atoms with Gasteiger partial charge >= 0.3 is 0 Å². The van der Waals surface area contributed by atoms with Gasteiger partial charge in [0, 0.05) is 28.8 Å². The van der Waals surface area contributed by atoms with Gasteiger partial charge in [0.05, 0.1) is 11.0 Å². The second-order valence-electron chi connectivity index (χ2n) is 8.10. The number of hydrogen-bond acceptors (Lipinski definition) is 3. The first-order chi connectivity index (χ1) is 14.2. The lowest BCUT2D eigenvalue weighted by atomic mass is 9.93. The number of carbonyl (C=O) groups is 2. The van der Waals surface area contributed by atoms with E-state index in [9.17, 15) is 9.59 Å². The van der Waals surface area contributed by atoms with Gasteiger partial charge in [0.2, 0.25) is 0 Å². The molecule has 3 aromatic rings. The van der Waals surface area contributed by atoms with Crippen molar-refractivity contribution in [3.63, 3.8) is 0 Å². The topological polar surface area (TPSA) is 86.9 Å². The van der Waals surface area contributed by atoms with E-state index in [1.165, 1.54) is 12.8 Å². The van der Waals surface area contributed by atoms with Crippen molar-refractivity contribution in [1.29, 1.82) is 0 Å². The molecule has 0 unspecified atom stereocenters. The van der Waals surface area contributed by atoms with Crippen LogP contribution in [0.5, 0.6) is 0 Å². The molecule has 2 aliphatic rings. The standard InChI is InChI=1S/C23H24N4O2/c28-22(24-17-3-1-4-17)15-9-7-14(8-10-15)21-26-19-12-11-16(13-20(19)27-21)23(29)25-18-5-2-6-18/h7-13,17-18H,1-6H2,(H,24,28)(H,25,29)(H,26,27). The van der Waals surface area contributed by atoms with Crippen LogP contribution in [-0.2, 0) is 0 Å². The minimum Gasteiger partial charge on any atom is -0.349 e. The van der Waals surface area contributed by atoms with Crippen LogP contribution in [0.2, 0.25) is 0 Å². The zero-order valence-corrected chi connectivity index (χ0v) is 16.2. The average Bonchev–Trinajstić information content (AvgIpc) is 3.10. The highest BCUT2D eigenvalue weighted by Crippen LogP contribution is 2.23. The van der Waals surface area contributed by atoms with E-state index in [2.05, 4.69) is 20.6 Å². The number of fused-ring (bicyclic) bond motifs is 1. The summed E-state index contributed by atoms with van der Waals surface area (Å²) in [5.41, 5.74) is 3.83. The molecule has 0 spiro atoms. The third kappa shape index (κ3) is 3.62. The van der Waals surface area contributed by atoms with Crippen molar-refractivity contribution in [3.8, 4) is 11.4 Å².